The molecule has 0 saturated carbocycles. The van der Waals surface area contributed by atoms with Crippen LogP contribution in [0.2, 0.25) is 0 Å². The van der Waals surface area contributed by atoms with Crippen LogP contribution in [0.1, 0.15) is 36.7 Å². The van der Waals surface area contributed by atoms with Gasteiger partial charge in [0.05, 0.1) is 20.3 Å². The van der Waals surface area contributed by atoms with Crippen molar-refractivity contribution in [3.63, 3.8) is 0 Å². The minimum absolute atomic E-state index is 0.0134. The second-order valence-corrected chi connectivity index (χ2v) is 8.72. The lowest BCUT2D eigenvalue weighted by Gasteiger charge is -2.35. The van der Waals surface area contributed by atoms with E-state index < -0.39 is 36.5 Å². The standard InChI is InChI=1S/C20H24NO8P/c1-5-21-20(18(19(24)29-21)30(25,27-6-2)28-7-3)15(12-16(22)26-4)13-10-8-9-11-14(13)17(20)23/h8-12,18H,5-7H2,1-4H3/b15-12+. The summed E-state index contributed by atoms with van der Waals surface area (Å²) in [6.45, 7) is 4.95. The molecule has 1 heterocycles. The fraction of sp³-hybridized carbons (Fsp3) is 0.450. The van der Waals surface area contributed by atoms with Crippen molar-refractivity contribution >= 4 is 30.9 Å². The van der Waals surface area contributed by atoms with E-state index >= 15 is 0 Å². The van der Waals surface area contributed by atoms with E-state index in [1.807, 2.05) is 0 Å². The van der Waals surface area contributed by atoms with Gasteiger partial charge in [0, 0.05) is 23.8 Å². The molecular formula is C20H24NO8P. The van der Waals surface area contributed by atoms with Crippen LogP contribution in [-0.2, 0) is 32.8 Å². The maximum Gasteiger partial charge on any atom is 0.347 e. The monoisotopic (exact) mass is 437 g/mol. The molecule has 2 atom stereocenters. The Morgan fingerprint density at radius 1 is 1.17 bits per heavy atom. The maximum absolute atomic E-state index is 13.8. The summed E-state index contributed by atoms with van der Waals surface area (Å²) in [5.41, 5.74) is -2.64. The summed E-state index contributed by atoms with van der Waals surface area (Å²) in [6, 6.07) is 6.59. The Hall–Kier alpha value is -2.32. The average molecular weight is 437 g/mol. The van der Waals surface area contributed by atoms with E-state index in [1.54, 1.807) is 45.0 Å². The number of likely N-dealkylation sites (N-methyl/N-ethyl adjacent to an activating group) is 1. The second-order valence-electron chi connectivity index (χ2n) is 6.61. The third kappa shape index (κ3) is 3.13. The van der Waals surface area contributed by atoms with Crippen molar-refractivity contribution < 1.29 is 37.6 Å². The average Bonchev–Trinajstić information content (AvgIpc) is 3.16. The lowest BCUT2D eigenvalue weighted by molar-refractivity contribution is -0.175. The zero-order valence-electron chi connectivity index (χ0n) is 17.2. The van der Waals surface area contributed by atoms with Gasteiger partial charge < -0.3 is 18.6 Å². The van der Waals surface area contributed by atoms with Crippen LogP contribution >= 0.6 is 7.60 Å². The first-order valence-corrected chi connectivity index (χ1v) is 11.2. The third-order valence-electron chi connectivity index (χ3n) is 5.12. The number of ether oxygens (including phenoxy) is 1. The zero-order chi connectivity index (χ0) is 22.1. The zero-order valence-corrected chi connectivity index (χ0v) is 18.1. The van der Waals surface area contributed by atoms with Gasteiger partial charge in [-0.05, 0) is 26.3 Å². The van der Waals surface area contributed by atoms with Crippen molar-refractivity contribution in [2.75, 3.05) is 26.9 Å². The van der Waals surface area contributed by atoms with Crippen LogP contribution in [0.3, 0.4) is 0 Å². The van der Waals surface area contributed by atoms with Crippen molar-refractivity contribution in [3.8, 4) is 0 Å². The van der Waals surface area contributed by atoms with Crippen molar-refractivity contribution in [2.24, 2.45) is 0 Å². The van der Waals surface area contributed by atoms with Crippen LogP contribution in [-0.4, -0.2) is 60.9 Å². The lowest BCUT2D eigenvalue weighted by Crippen LogP contribution is -2.55. The number of rotatable bonds is 7. The molecule has 162 valence electrons. The van der Waals surface area contributed by atoms with Gasteiger partial charge in [-0.2, -0.15) is 0 Å². The van der Waals surface area contributed by atoms with E-state index in [-0.39, 0.29) is 30.9 Å². The highest BCUT2D eigenvalue weighted by Gasteiger charge is 2.72. The molecule has 3 rings (SSSR count). The summed E-state index contributed by atoms with van der Waals surface area (Å²) in [5.74, 6) is -2.17. The number of carbonyl (C=O) groups is 3. The van der Waals surface area contributed by atoms with E-state index in [9.17, 15) is 18.9 Å². The molecule has 9 nitrogen and oxygen atoms in total. The van der Waals surface area contributed by atoms with Crippen LogP contribution in [0.15, 0.2) is 30.3 Å². The van der Waals surface area contributed by atoms with Gasteiger partial charge in [-0.3, -0.25) is 9.36 Å². The van der Waals surface area contributed by atoms with Crippen molar-refractivity contribution in [2.45, 2.75) is 32.0 Å². The normalized spacial score (nSPS) is 25.1. The fourth-order valence-electron chi connectivity index (χ4n) is 4.09. The number of Topliss-reactive ketones (excluding diaryl/α,β-unsaturated/α-hetero) is 1. The number of hydrogen-bond acceptors (Lipinski definition) is 9. The minimum Gasteiger partial charge on any atom is -0.466 e. The van der Waals surface area contributed by atoms with E-state index in [0.717, 1.165) is 11.1 Å². The Kier molecular flexibility index (Phi) is 6.29. The van der Waals surface area contributed by atoms with Gasteiger partial charge in [0.2, 0.25) is 0 Å². The molecule has 1 aliphatic heterocycles. The van der Waals surface area contributed by atoms with Crippen molar-refractivity contribution in [1.82, 2.24) is 5.06 Å². The van der Waals surface area contributed by atoms with Gasteiger partial charge in [0.25, 0.3) is 0 Å². The van der Waals surface area contributed by atoms with Crippen LogP contribution in [0, 0.1) is 0 Å². The molecular weight excluding hydrogens is 413 g/mol. The summed E-state index contributed by atoms with van der Waals surface area (Å²) >= 11 is 0. The summed E-state index contributed by atoms with van der Waals surface area (Å²) in [7, 11) is -2.97. The number of methoxy groups -OCH3 is 1. The molecule has 0 bridgehead atoms. The number of esters is 1. The van der Waals surface area contributed by atoms with Gasteiger partial charge in [-0.1, -0.05) is 24.3 Å². The molecule has 1 spiro atoms. The SMILES string of the molecule is CCOP(=O)(OCC)C1C(=O)ON(CC)C12C(=O)c1ccccc1/C2=C\C(=O)OC. The molecule has 2 unspecified atom stereocenters. The Labute approximate surface area is 174 Å². The predicted molar refractivity (Wildman–Crippen MR) is 107 cm³/mol. The Morgan fingerprint density at radius 3 is 2.30 bits per heavy atom. The molecule has 1 aromatic carbocycles. The quantitative estimate of drug-likeness (QED) is 0.361. The van der Waals surface area contributed by atoms with Gasteiger partial charge in [0.15, 0.2) is 17.0 Å². The molecule has 0 amide bonds. The van der Waals surface area contributed by atoms with Gasteiger partial charge in [-0.25, -0.2) is 9.59 Å². The second kappa shape index (κ2) is 8.43. The van der Waals surface area contributed by atoms with E-state index in [1.165, 1.54) is 7.11 Å². The van der Waals surface area contributed by atoms with Gasteiger partial charge >= 0.3 is 19.5 Å². The fourth-order valence-corrected chi connectivity index (χ4v) is 6.33. The van der Waals surface area contributed by atoms with Gasteiger partial charge in [0.1, 0.15) is 0 Å². The number of carbonyl (C=O) groups excluding carboxylic acids is 3. The Morgan fingerprint density at radius 2 is 1.77 bits per heavy atom. The summed E-state index contributed by atoms with van der Waals surface area (Å²) in [4.78, 5) is 44.4. The largest absolute Gasteiger partial charge is 0.466 e. The number of ketones is 1. The molecule has 1 fully saturated rings. The minimum atomic E-state index is -4.17. The number of hydrogen-bond donors (Lipinski definition) is 0. The molecule has 0 radical (unpaired) electrons. The first-order chi connectivity index (χ1) is 14.3. The third-order valence-corrected chi connectivity index (χ3v) is 7.57. The Bertz CT molecular complexity index is 948. The van der Waals surface area contributed by atoms with E-state index in [2.05, 4.69) is 0 Å². The number of fused-ring (bicyclic) bond motifs is 1. The maximum atomic E-state index is 13.8. The molecule has 30 heavy (non-hydrogen) atoms. The number of benzene rings is 1. The molecule has 2 aliphatic rings. The summed E-state index contributed by atoms with van der Waals surface area (Å²) in [5, 5.41) is 1.15. The molecule has 1 aromatic rings. The van der Waals surface area contributed by atoms with Crippen LogP contribution in [0.5, 0.6) is 0 Å². The summed E-state index contributed by atoms with van der Waals surface area (Å²) < 4.78 is 29.4. The first kappa shape index (κ1) is 22.4. The van der Waals surface area contributed by atoms with E-state index in [0.29, 0.717) is 5.56 Å². The van der Waals surface area contributed by atoms with Crippen LogP contribution < -0.4 is 0 Å². The molecule has 0 N–H and O–H groups in total. The Balaban J connectivity index is 2.37. The predicted octanol–water partition coefficient (Wildman–Crippen LogP) is 2.61. The first-order valence-electron chi connectivity index (χ1n) is 9.64. The van der Waals surface area contributed by atoms with E-state index in [4.69, 9.17) is 18.6 Å². The number of hydroxylamine groups is 2. The summed E-state index contributed by atoms with van der Waals surface area (Å²) in [6.07, 6.45) is 1.13. The van der Waals surface area contributed by atoms with Crippen LogP contribution in [0.4, 0.5) is 0 Å². The highest BCUT2D eigenvalue weighted by Crippen LogP contribution is 2.65. The van der Waals surface area contributed by atoms with Gasteiger partial charge in [-0.15, -0.1) is 5.06 Å². The highest BCUT2D eigenvalue weighted by atomic mass is 31.2. The molecule has 1 aliphatic carbocycles. The topological polar surface area (TPSA) is 108 Å². The lowest BCUT2D eigenvalue weighted by atomic mass is 9.85. The van der Waals surface area contributed by atoms with Crippen molar-refractivity contribution in [1.29, 1.82) is 0 Å². The molecule has 0 aromatic heterocycles. The highest BCUT2D eigenvalue weighted by molar-refractivity contribution is 7.56. The van der Waals surface area contributed by atoms with Crippen LogP contribution in [0.25, 0.3) is 5.57 Å². The van der Waals surface area contributed by atoms with Crippen molar-refractivity contribution in [3.05, 3.63) is 41.5 Å². The molecule has 10 heteroatoms. The smallest absolute Gasteiger partial charge is 0.347 e. The molecule has 1 saturated heterocycles. The number of nitrogens with zero attached hydrogens (tertiary/aromatic N) is 1.